The summed E-state index contributed by atoms with van der Waals surface area (Å²) in [6.45, 7) is 3.49. The van der Waals surface area contributed by atoms with E-state index in [1.165, 1.54) is 18.2 Å². The van der Waals surface area contributed by atoms with Gasteiger partial charge in [0.1, 0.15) is 24.4 Å². The average molecular weight is 478 g/mol. The Balaban J connectivity index is 2.37. The van der Waals surface area contributed by atoms with Crippen LogP contribution in [-0.2, 0) is 24.0 Å². The lowest BCUT2D eigenvalue weighted by Gasteiger charge is -2.16. The molecule has 0 heterocycles. The molecule has 12 heteroatoms. The molecule has 11 nitrogen and oxygen atoms in total. The van der Waals surface area contributed by atoms with Crippen molar-refractivity contribution in [3.05, 3.63) is 35.6 Å². The van der Waals surface area contributed by atoms with Gasteiger partial charge in [-0.3, -0.25) is 24.2 Å². The van der Waals surface area contributed by atoms with Gasteiger partial charge in [0, 0.05) is 18.5 Å². The predicted octanol–water partition coefficient (Wildman–Crippen LogP) is 0.0272. The minimum atomic E-state index is -1.24. The van der Waals surface area contributed by atoms with Crippen molar-refractivity contribution in [2.75, 3.05) is 6.54 Å². The van der Waals surface area contributed by atoms with Crippen LogP contribution < -0.4 is 16.0 Å². The van der Waals surface area contributed by atoms with Crippen molar-refractivity contribution in [1.82, 2.24) is 16.0 Å². The molecule has 0 aliphatic rings. The van der Waals surface area contributed by atoms with Crippen LogP contribution in [0.5, 0.6) is 0 Å². The van der Waals surface area contributed by atoms with Crippen molar-refractivity contribution in [2.45, 2.75) is 50.2 Å². The number of rotatable bonds is 16. The third-order valence-corrected chi connectivity index (χ3v) is 4.64. The monoisotopic (exact) mass is 478 g/mol. The minimum absolute atomic E-state index is 0.0340. The Morgan fingerprint density at radius 2 is 1.79 bits per heavy atom. The van der Waals surface area contributed by atoms with Gasteiger partial charge >= 0.3 is 5.97 Å². The Labute approximate surface area is 195 Å². The van der Waals surface area contributed by atoms with Crippen LogP contribution in [0.15, 0.2) is 29.3 Å². The molecule has 0 aromatic heterocycles. The van der Waals surface area contributed by atoms with Gasteiger partial charge in [-0.2, -0.15) is 0 Å². The number of nitrogens with one attached hydrogen (secondary N) is 3. The fourth-order valence-electron chi connectivity index (χ4n) is 2.86. The molecule has 0 unspecified atom stereocenters. The summed E-state index contributed by atoms with van der Waals surface area (Å²) in [5.41, 5.74) is 0.0492. The summed E-state index contributed by atoms with van der Waals surface area (Å²) in [6, 6.07) is 1.92. The van der Waals surface area contributed by atoms with E-state index in [0.29, 0.717) is 19.0 Å². The van der Waals surface area contributed by atoms with Gasteiger partial charge in [-0.1, -0.05) is 6.07 Å². The number of aliphatic carboxylic acids is 1. The van der Waals surface area contributed by atoms with Crippen LogP contribution in [0.1, 0.15) is 42.5 Å². The van der Waals surface area contributed by atoms with E-state index >= 15 is 0 Å². The lowest BCUT2D eigenvalue weighted by Crippen LogP contribution is -2.42. The molecule has 3 atom stereocenters. The number of aliphatic imine (C=N–C) groups is 1. The number of carboxylic acids is 1. The number of halogens is 1. The molecule has 1 aromatic carbocycles. The van der Waals surface area contributed by atoms with E-state index < -0.39 is 48.1 Å². The van der Waals surface area contributed by atoms with Gasteiger partial charge in [-0.15, -0.1) is 0 Å². The van der Waals surface area contributed by atoms with Crippen molar-refractivity contribution in [2.24, 2.45) is 4.99 Å². The maximum absolute atomic E-state index is 13.2. The second-order valence-corrected chi connectivity index (χ2v) is 7.30. The molecular formula is C22H27FN4O7. The van der Waals surface area contributed by atoms with E-state index in [-0.39, 0.29) is 37.3 Å². The van der Waals surface area contributed by atoms with Crippen molar-refractivity contribution in [1.29, 1.82) is 0 Å². The van der Waals surface area contributed by atoms with E-state index in [9.17, 15) is 33.2 Å². The largest absolute Gasteiger partial charge is 0.481 e. The number of hydrogen-bond acceptors (Lipinski definition) is 7. The Hall–Kier alpha value is -3.96. The van der Waals surface area contributed by atoms with Crippen LogP contribution >= 0.6 is 0 Å². The van der Waals surface area contributed by atoms with E-state index in [2.05, 4.69) is 27.7 Å². The maximum atomic E-state index is 13.2. The molecule has 1 rings (SSSR count). The SMILES string of the molecule is C=N[C@@H](CCCNC(=O)CC[C@@H](C=O)NC(=O)c1cccc(F)c1)C(=O)N[C@H](C=O)CC(=O)O. The fraction of sp³-hybridized carbons (Fsp3) is 0.409. The molecule has 0 saturated carbocycles. The molecule has 34 heavy (non-hydrogen) atoms. The van der Waals surface area contributed by atoms with E-state index in [1.54, 1.807) is 0 Å². The third kappa shape index (κ3) is 10.6. The van der Waals surface area contributed by atoms with Gasteiger partial charge in [0.25, 0.3) is 5.91 Å². The molecule has 184 valence electrons. The van der Waals surface area contributed by atoms with Gasteiger partial charge in [0.2, 0.25) is 11.8 Å². The van der Waals surface area contributed by atoms with Crippen molar-refractivity contribution < 1.29 is 38.3 Å². The first-order valence-electron chi connectivity index (χ1n) is 10.4. The molecule has 4 N–H and O–H groups in total. The van der Waals surface area contributed by atoms with Crippen LogP contribution in [0.4, 0.5) is 4.39 Å². The van der Waals surface area contributed by atoms with Crippen LogP contribution in [0.2, 0.25) is 0 Å². The molecule has 1 aromatic rings. The molecule has 0 spiro atoms. The van der Waals surface area contributed by atoms with Crippen LogP contribution in [0.3, 0.4) is 0 Å². The Morgan fingerprint density at radius 3 is 2.38 bits per heavy atom. The molecule has 0 aliphatic heterocycles. The number of amides is 3. The average Bonchev–Trinajstić information content (AvgIpc) is 2.80. The first-order valence-corrected chi connectivity index (χ1v) is 10.4. The van der Waals surface area contributed by atoms with Gasteiger partial charge in [0.05, 0.1) is 18.5 Å². The van der Waals surface area contributed by atoms with Crippen molar-refractivity contribution in [3.8, 4) is 0 Å². The van der Waals surface area contributed by atoms with Crippen molar-refractivity contribution >= 4 is 43.0 Å². The Kier molecular flexibility index (Phi) is 12.4. The molecule has 0 fully saturated rings. The van der Waals surface area contributed by atoms with E-state index in [4.69, 9.17) is 5.11 Å². The van der Waals surface area contributed by atoms with Crippen molar-refractivity contribution in [3.63, 3.8) is 0 Å². The topological polar surface area (TPSA) is 171 Å². The summed E-state index contributed by atoms with van der Waals surface area (Å²) in [4.78, 5) is 72.6. The summed E-state index contributed by atoms with van der Waals surface area (Å²) in [5, 5.41) is 16.0. The van der Waals surface area contributed by atoms with Crippen LogP contribution in [0.25, 0.3) is 0 Å². The zero-order valence-electron chi connectivity index (χ0n) is 18.4. The van der Waals surface area contributed by atoms with Crippen LogP contribution in [-0.4, -0.2) is 72.8 Å². The molecule has 0 bridgehead atoms. The molecule has 0 aliphatic carbocycles. The quantitative estimate of drug-likeness (QED) is 0.147. The second-order valence-electron chi connectivity index (χ2n) is 7.30. The Morgan fingerprint density at radius 1 is 1.09 bits per heavy atom. The molecular weight excluding hydrogens is 451 g/mol. The maximum Gasteiger partial charge on any atom is 0.305 e. The fourth-order valence-corrected chi connectivity index (χ4v) is 2.86. The Bertz CT molecular complexity index is 909. The van der Waals surface area contributed by atoms with Gasteiger partial charge in [-0.05, 0) is 44.2 Å². The lowest BCUT2D eigenvalue weighted by atomic mass is 10.1. The number of benzene rings is 1. The number of hydrogen-bond donors (Lipinski definition) is 4. The summed E-state index contributed by atoms with van der Waals surface area (Å²) >= 11 is 0. The standard InChI is InChI=1S/C22H27FN4O7/c1-24-18(22(34)27-17(13-29)11-20(31)32)6-3-9-25-19(30)8-7-16(12-28)26-21(33)14-4-2-5-15(23)10-14/h2,4-5,10,12-13,16-18H,1,3,6-9,11H2,(H,25,30)(H,26,33)(H,27,34)(H,31,32)/t16-,17-,18-/m0/s1. The highest BCUT2D eigenvalue weighted by Gasteiger charge is 2.21. The third-order valence-electron chi connectivity index (χ3n) is 4.64. The first kappa shape index (κ1) is 28.1. The number of aldehydes is 2. The summed E-state index contributed by atoms with van der Waals surface area (Å²) in [5.74, 6) is -3.51. The number of carboxylic acid groups (broad SMARTS) is 1. The highest BCUT2D eigenvalue weighted by Crippen LogP contribution is 2.06. The first-order chi connectivity index (χ1) is 16.2. The van der Waals surface area contributed by atoms with Crippen LogP contribution in [0, 0.1) is 5.82 Å². The van der Waals surface area contributed by atoms with E-state index in [1.807, 2.05) is 0 Å². The predicted molar refractivity (Wildman–Crippen MR) is 119 cm³/mol. The molecule has 0 saturated heterocycles. The molecule has 3 amide bonds. The number of carbonyl (C=O) groups is 6. The summed E-state index contributed by atoms with van der Waals surface area (Å²) in [7, 11) is 0. The molecule has 0 radical (unpaired) electrons. The summed E-state index contributed by atoms with van der Waals surface area (Å²) < 4.78 is 13.2. The smallest absolute Gasteiger partial charge is 0.305 e. The zero-order valence-corrected chi connectivity index (χ0v) is 18.4. The van der Waals surface area contributed by atoms with Gasteiger partial charge in [0.15, 0.2) is 0 Å². The summed E-state index contributed by atoms with van der Waals surface area (Å²) in [6.07, 6.45) is 0.744. The van der Waals surface area contributed by atoms with Gasteiger partial charge in [-0.25, -0.2) is 4.39 Å². The highest BCUT2D eigenvalue weighted by atomic mass is 19.1. The second kappa shape index (κ2) is 15.0. The highest BCUT2D eigenvalue weighted by molar-refractivity contribution is 5.95. The minimum Gasteiger partial charge on any atom is -0.481 e. The lowest BCUT2D eigenvalue weighted by molar-refractivity contribution is -0.139. The van der Waals surface area contributed by atoms with E-state index in [0.717, 1.165) is 6.07 Å². The number of carbonyl (C=O) groups excluding carboxylic acids is 5. The number of nitrogens with zero attached hydrogens (tertiary/aromatic N) is 1. The zero-order chi connectivity index (χ0) is 25.5. The normalized spacial score (nSPS) is 13.0. The van der Waals surface area contributed by atoms with Gasteiger partial charge < -0.3 is 30.6 Å².